The third-order valence-electron chi connectivity index (χ3n) is 3.48. The van der Waals surface area contributed by atoms with Crippen molar-refractivity contribution in [2.75, 3.05) is 12.4 Å². The minimum Gasteiger partial charge on any atom is -0.497 e. The fourth-order valence-electron chi connectivity index (χ4n) is 2.30. The lowest BCUT2D eigenvalue weighted by molar-refractivity contribution is -0.124. The zero-order valence-electron chi connectivity index (χ0n) is 11.7. The first-order chi connectivity index (χ1) is 10.6. The van der Waals surface area contributed by atoms with Gasteiger partial charge in [-0.05, 0) is 29.8 Å². The molecule has 2 N–H and O–H groups in total. The molecule has 0 radical (unpaired) electrons. The van der Waals surface area contributed by atoms with Gasteiger partial charge >= 0.3 is 0 Å². The van der Waals surface area contributed by atoms with Crippen LogP contribution in [0.2, 0.25) is 5.02 Å². The number of para-hydroxylation sites is 1. The number of fused-ring (bicyclic) bond motifs is 1. The lowest BCUT2D eigenvalue weighted by atomic mass is 10.1. The summed E-state index contributed by atoms with van der Waals surface area (Å²) in [7, 11) is 1.59. The molecule has 0 saturated heterocycles. The molecule has 0 aromatic heterocycles. The summed E-state index contributed by atoms with van der Waals surface area (Å²) in [5.74, 6) is 0.268. The lowest BCUT2D eigenvalue weighted by Gasteiger charge is -2.19. The van der Waals surface area contributed by atoms with E-state index < -0.39 is 17.3 Å². The van der Waals surface area contributed by atoms with Crippen LogP contribution in [0.25, 0.3) is 0 Å². The molecule has 6 heteroatoms. The molecule has 1 amide bonds. The van der Waals surface area contributed by atoms with Crippen LogP contribution in [-0.4, -0.2) is 24.2 Å². The minimum atomic E-state index is -1.16. The molecule has 0 bridgehead atoms. The SMILES string of the molecule is COc1ccc(C2Sc3cccc(Cl)c3NC(=O)C2O)cc1. The van der Waals surface area contributed by atoms with Crippen molar-refractivity contribution < 1.29 is 14.6 Å². The highest BCUT2D eigenvalue weighted by Crippen LogP contribution is 2.46. The number of carbonyl (C=O) groups excluding carboxylic acids is 1. The van der Waals surface area contributed by atoms with Crippen LogP contribution < -0.4 is 10.1 Å². The lowest BCUT2D eigenvalue weighted by Crippen LogP contribution is -2.30. The van der Waals surface area contributed by atoms with Crippen LogP contribution in [0.1, 0.15) is 10.8 Å². The van der Waals surface area contributed by atoms with E-state index in [2.05, 4.69) is 5.32 Å². The van der Waals surface area contributed by atoms with Gasteiger partial charge in [0, 0.05) is 4.90 Å². The molecule has 3 rings (SSSR count). The quantitative estimate of drug-likeness (QED) is 0.882. The molecule has 1 heterocycles. The van der Waals surface area contributed by atoms with Crippen LogP contribution in [0.15, 0.2) is 47.4 Å². The Kier molecular flexibility index (Phi) is 4.29. The first-order valence-corrected chi connectivity index (χ1v) is 7.94. The van der Waals surface area contributed by atoms with Crippen molar-refractivity contribution in [2.24, 2.45) is 0 Å². The number of aliphatic hydroxyl groups excluding tert-OH is 1. The predicted octanol–water partition coefficient (Wildman–Crippen LogP) is 3.50. The number of nitrogens with one attached hydrogen (secondary N) is 1. The Morgan fingerprint density at radius 3 is 2.64 bits per heavy atom. The molecule has 2 unspecified atom stereocenters. The molecule has 1 aliphatic heterocycles. The van der Waals surface area contributed by atoms with E-state index in [0.29, 0.717) is 10.7 Å². The summed E-state index contributed by atoms with van der Waals surface area (Å²) in [6, 6.07) is 12.7. The number of carbonyl (C=O) groups is 1. The summed E-state index contributed by atoms with van der Waals surface area (Å²) in [4.78, 5) is 13.0. The number of benzene rings is 2. The minimum absolute atomic E-state index is 0.411. The molecule has 0 saturated carbocycles. The third-order valence-corrected chi connectivity index (χ3v) is 5.17. The summed E-state index contributed by atoms with van der Waals surface area (Å²) < 4.78 is 5.14. The largest absolute Gasteiger partial charge is 0.497 e. The van der Waals surface area contributed by atoms with E-state index in [9.17, 15) is 9.90 Å². The van der Waals surface area contributed by atoms with Gasteiger partial charge in [-0.2, -0.15) is 0 Å². The number of thioether (sulfide) groups is 1. The number of halogens is 1. The van der Waals surface area contributed by atoms with E-state index in [4.69, 9.17) is 16.3 Å². The number of methoxy groups -OCH3 is 1. The first kappa shape index (κ1) is 15.2. The highest BCUT2D eigenvalue weighted by Gasteiger charge is 2.33. The van der Waals surface area contributed by atoms with Gasteiger partial charge in [-0.15, -0.1) is 11.8 Å². The van der Waals surface area contributed by atoms with Gasteiger partial charge in [0.05, 0.1) is 23.1 Å². The van der Waals surface area contributed by atoms with Gasteiger partial charge < -0.3 is 15.2 Å². The normalized spacial score (nSPS) is 20.8. The molecule has 2 aromatic carbocycles. The monoisotopic (exact) mass is 335 g/mol. The molecule has 114 valence electrons. The van der Waals surface area contributed by atoms with E-state index in [-0.39, 0.29) is 0 Å². The summed E-state index contributed by atoms with van der Waals surface area (Å²) in [6.07, 6.45) is -1.16. The number of amides is 1. The second-order valence-corrected chi connectivity index (χ2v) is 6.45. The smallest absolute Gasteiger partial charge is 0.254 e. The second kappa shape index (κ2) is 6.20. The number of aliphatic hydroxyl groups is 1. The molecular weight excluding hydrogens is 322 g/mol. The first-order valence-electron chi connectivity index (χ1n) is 6.68. The average Bonchev–Trinajstić information content (AvgIpc) is 2.66. The van der Waals surface area contributed by atoms with Crippen molar-refractivity contribution in [1.29, 1.82) is 0 Å². The second-order valence-electron chi connectivity index (χ2n) is 4.86. The Hall–Kier alpha value is -1.69. The third kappa shape index (κ3) is 2.79. The van der Waals surface area contributed by atoms with Crippen LogP contribution >= 0.6 is 23.4 Å². The standard InChI is InChI=1S/C16H14ClNO3S/c1-21-10-7-5-9(6-8-10)15-14(19)16(20)18-13-11(17)3-2-4-12(13)22-15/h2-8,14-15,19H,1H3,(H,18,20). The Morgan fingerprint density at radius 2 is 1.95 bits per heavy atom. The van der Waals surface area contributed by atoms with Crippen molar-refractivity contribution in [3.8, 4) is 5.75 Å². The van der Waals surface area contributed by atoms with Gasteiger partial charge in [-0.1, -0.05) is 29.8 Å². The van der Waals surface area contributed by atoms with Gasteiger partial charge in [0.15, 0.2) is 0 Å². The maximum absolute atomic E-state index is 12.2. The molecule has 0 aliphatic carbocycles. The predicted molar refractivity (Wildman–Crippen MR) is 87.7 cm³/mol. The molecule has 0 spiro atoms. The summed E-state index contributed by atoms with van der Waals surface area (Å²) in [6.45, 7) is 0. The van der Waals surface area contributed by atoms with Gasteiger partial charge in [0.2, 0.25) is 0 Å². The zero-order chi connectivity index (χ0) is 15.7. The van der Waals surface area contributed by atoms with Gasteiger partial charge in [-0.25, -0.2) is 0 Å². The van der Waals surface area contributed by atoms with Crippen LogP contribution in [0, 0.1) is 0 Å². The van der Waals surface area contributed by atoms with Crippen molar-refractivity contribution in [3.63, 3.8) is 0 Å². The Labute approximate surface area is 137 Å². The highest BCUT2D eigenvalue weighted by atomic mass is 35.5. The van der Waals surface area contributed by atoms with E-state index in [1.807, 2.05) is 36.4 Å². The fraction of sp³-hybridized carbons (Fsp3) is 0.188. The van der Waals surface area contributed by atoms with Crippen LogP contribution in [0.5, 0.6) is 5.75 Å². The van der Waals surface area contributed by atoms with E-state index >= 15 is 0 Å². The van der Waals surface area contributed by atoms with Crippen molar-refractivity contribution >= 4 is 35.0 Å². The van der Waals surface area contributed by atoms with Gasteiger partial charge in [0.25, 0.3) is 5.91 Å². The van der Waals surface area contributed by atoms with Gasteiger partial charge in [0.1, 0.15) is 11.9 Å². The average molecular weight is 336 g/mol. The maximum Gasteiger partial charge on any atom is 0.254 e. The summed E-state index contributed by atoms with van der Waals surface area (Å²) in [5.41, 5.74) is 1.40. The topological polar surface area (TPSA) is 58.6 Å². The molecule has 2 aromatic rings. The maximum atomic E-state index is 12.2. The molecule has 2 atom stereocenters. The Balaban J connectivity index is 2.01. The zero-order valence-corrected chi connectivity index (χ0v) is 13.3. The Morgan fingerprint density at radius 1 is 1.23 bits per heavy atom. The molecule has 22 heavy (non-hydrogen) atoms. The highest BCUT2D eigenvalue weighted by molar-refractivity contribution is 7.99. The molecule has 0 fully saturated rings. The molecule has 1 aliphatic rings. The van der Waals surface area contributed by atoms with E-state index in [1.165, 1.54) is 11.8 Å². The number of ether oxygens (including phenoxy) is 1. The van der Waals surface area contributed by atoms with E-state index in [1.54, 1.807) is 13.2 Å². The number of anilines is 1. The van der Waals surface area contributed by atoms with Crippen molar-refractivity contribution in [3.05, 3.63) is 53.1 Å². The Bertz CT molecular complexity index is 705. The molecular formula is C16H14ClNO3S. The number of hydrogen-bond donors (Lipinski definition) is 2. The van der Waals surface area contributed by atoms with Crippen LogP contribution in [-0.2, 0) is 4.79 Å². The summed E-state index contributed by atoms with van der Waals surface area (Å²) >= 11 is 7.55. The fourth-order valence-corrected chi connectivity index (χ4v) is 3.84. The van der Waals surface area contributed by atoms with Crippen LogP contribution in [0.3, 0.4) is 0 Å². The summed E-state index contributed by atoms with van der Waals surface area (Å²) in [5, 5.41) is 13.1. The molecule has 4 nitrogen and oxygen atoms in total. The van der Waals surface area contributed by atoms with Crippen LogP contribution in [0.4, 0.5) is 5.69 Å². The number of hydrogen-bond acceptors (Lipinski definition) is 4. The van der Waals surface area contributed by atoms with Crippen molar-refractivity contribution in [1.82, 2.24) is 0 Å². The van der Waals surface area contributed by atoms with E-state index in [0.717, 1.165) is 16.2 Å². The van der Waals surface area contributed by atoms with Crippen molar-refractivity contribution in [2.45, 2.75) is 16.2 Å². The number of rotatable bonds is 2. The van der Waals surface area contributed by atoms with Gasteiger partial charge in [-0.3, -0.25) is 4.79 Å².